The Morgan fingerprint density at radius 2 is 2.00 bits per heavy atom. The molecule has 2 heteroatoms. The van der Waals surface area contributed by atoms with Gasteiger partial charge in [-0.1, -0.05) is 34.7 Å². The van der Waals surface area contributed by atoms with E-state index in [4.69, 9.17) is 0 Å². The van der Waals surface area contributed by atoms with E-state index in [-0.39, 0.29) is 5.41 Å². The molecule has 70 valence electrons. The molecule has 12 heavy (non-hydrogen) atoms. The molecule has 0 aromatic heterocycles. The van der Waals surface area contributed by atoms with E-state index in [1.807, 2.05) is 0 Å². The standard InChI is InChI=1S/C10H17IO/c11-8-10(9-12)6-4-2-1-3-5-7-10/h1-2,12H,3-9H2. The Bertz CT molecular complexity index is 150. The number of alkyl halides is 1. The van der Waals surface area contributed by atoms with Crippen molar-refractivity contribution in [2.75, 3.05) is 11.0 Å². The molecule has 0 fully saturated rings. The molecule has 0 saturated carbocycles. The van der Waals surface area contributed by atoms with Crippen LogP contribution >= 0.6 is 22.6 Å². The lowest BCUT2D eigenvalue weighted by atomic mass is 9.80. The summed E-state index contributed by atoms with van der Waals surface area (Å²) >= 11 is 2.41. The van der Waals surface area contributed by atoms with Crippen LogP contribution in [0.2, 0.25) is 0 Å². The third kappa shape index (κ3) is 2.73. The van der Waals surface area contributed by atoms with Crippen molar-refractivity contribution in [1.29, 1.82) is 0 Å². The zero-order chi connectivity index (χ0) is 8.86. The SMILES string of the molecule is OCC1(CI)CCC=CCCC1. The van der Waals surface area contributed by atoms with Crippen molar-refractivity contribution in [1.82, 2.24) is 0 Å². The molecule has 0 aromatic carbocycles. The van der Waals surface area contributed by atoms with Gasteiger partial charge in [-0.2, -0.15) is 0 Å². The van der Waals surface area contributed by atoms with Gasteiger partial charge in [-0.15, -0.1) is 0 Å². The van der Waals surface area contributed by atoms with Crippen molar-refractivity contribution < 1.29 is 5.11 Å². The summed E-state index contributed by atoms with van der Waals surface area (Å²) < 4.78 is 1.09. The van der Waals surface area contributed by atoms with Crippen LogP contribution in [0.1, 0.15) is 32.1 Å². The van der Waals surface area contributed by atoms with E-state index in [1.54, 1.807) is 0 Å². The van der Waals surface area contributed by atoms with Gasteiger partial charge in [0.05, 0.1) is 0 Å². The maximum absolute atomic E-state index is 9.33. The predicted octanol–water partition coefficient (Wildman–Crippen LogP) is 2.92. The van der Waals surface area contributed by atoms with Crippen LogP contribution in [-0.4, -0.2) is 16.1 Å². The summed E-state index contributed by atoms with van der Waals surface area (Å²) in [4.78, 5) is 0. The summed E-state index contributed by atoms with van der Waals surface area (Å²) in [5.74, 6) is 0. The number of hydrogen-bond donors (Lipinski definition) is 1. The molecule has 0 saturated heterocycles. The molecular weight excluding hydrogens is 263 g/mol. The summed E-state index contributed by atoms with van der Waals surface area (Å²) in [5, 5.41) is 9.33. The molecule has 0 aliphatic heterocycles. The highest BCUT2D eigenvalue weighted by molar-refractivity contribution is 14.1. The van der Waals surface area contributed by atoms with Crippen molar-refractivity contribution >= 4 is 22.6 Å². The second-order valence-electron chi connectivity index (χ2n) is 3.69. The molecule has 0 bridgehead atoms. The summed E-state index contributed by atoms with van der Waals surface area (Å²) in [6, 6.07) is 0. The maximum atomic E-state index is 9.33. The van der Waals surface area contributed by atoms with Crippen molar-refractivity contribution in [3.05, 3.63) is 12.2 Å². The first kappa shape index (κ1) is 10.5. The third-order valence-electron chi connectivity index (χ3n) is 2.70. The highest BCUT2D eigenvalue weighted by Gasteiger charge is 2.27. The fourth-order valence-electron chi connectivity index (χ4n) is 1.68. The van der Waals surface area contributed by atoms with Crippen LogP contribution in [0.3, 0.4) is 0 Å². The Labute approximate surface area is 88.4 Å². The topological polar surface area (TPSA) is 20.2 Å². The Morgan fingerprint density at radius 3 is 2.67 bits per heavy atom. The van der Waals surface area contributed by atoms with Gasteiger partial charge < -0.3 is 5.11 Å². The average Bonchev–Trinajstić information content (AvgIpc) is 2.06. The van der Waals surface area contributed by atoms with Gasteiger partial charge >= 0.3 is 0 Å². The maximum Gasteiger partial charge on any atom is 0.0494 e. The molecule has 1 N–H and O–H groups in total. The molecule has 1 rings (SSSR count). The van der Waals surface area contributed by atoms with Crippen LogP contribution in [-0.2, 0) is 0 Å². The van der Waals surface area contributed by atoms with E-state index in [1.165, 1.54) is 19.3 Å². The first-order valence-electron chi connectivity index (χ1n) is 4.65. The fraction of sp³-hybridized carbons (Fsp3) is 0.800. The van der Waals surface area contributed by atoms with Crippen LogP contribution in [0.4, 0.5) is 0 Å². The van der Waals surface area contributed by atoms with Crippen LogP contribution in [0, 0.1) is 5.41 Å². The van der Waals surface area contributed by atoms with Gasteiger partial charge in [0.25, 0.3) is 0 Å². The summed E-state index contributed by atoms with van der Waals surface area (Å²) in [7, 11) is 0. The summed E-state index contributed by atoms with van der Waals surface area (Å²) in [6.45, 7) is 0.365. The minimum absolute atomic E-state index is 0.228. The lowest BCUT2D eigenvalue weighted by Crippen LogP contribution is -2.27. The summed E-state index contributed by atoms with van der Waals surface area (Å²) in [5.41, 5.74) is 0.228. The van der Waals surface area contributed by atoms with Gasteiger partial charge in [0.1, 0.15) is 0 Å². The van der Waals surface area contributed by atoms with Crippen LogP contribution in [0.15, 0.2) is 12.2 Å². The lowest BCUT2D eigenvalue weighted by molar-refractivity contribution is 0.128. The second kappa shape index (κ2) is 5.22. The molecule has 1 unspecified atom stereocenters. The smallest absolute Gasteiger partial charge is 0.0494 e. The van der Waals surface area contributed by atoms with Gasteiger partial charge in [-0.25, -0.2) is 0 Å². The zero-order valence-electron chi connectivity index (χ0n) is 7.43. The van der Waals surface area contributed by atoms with Crippen molar-refractivity contribution in [2.45, 2.75) is 32.1 Å². The van der Waals surface area contributed by atoms with Gasteiger partial charge in [-0.3, -0.25) is 0 Å². The largest absolute Gasteiger partial charge is 0.396 e. The average molecular weight is 280 g/mol. The van der Waals surface area contributed by atoms with Gasteiger partial charge in [0.2, 0.25) is 0 Å². The predicted molar refractivity (Wildman–Crippen MR) is 60.6 cm³/mol. The second-order valence-corrected chi connectivity index (χ2v) is 4.46. The summed E-state index contributed by atoms with van der Waals surface area (Å²) in [6.07, 6.45) is 10.5. The minimum Gasteiger partial charge on any atom is -0.396 e. The lowest BCUT2D eigenvalue weighted by Gasteiger charge is -2.30. The van der Waals surface area contributed by atoms with E-state index in [2.05, 4.69) is 34.7 Å². The highest BCUT2D eigenvalue weighted by atomic mass is 127. The molecule has 0 spiro atoms. The Kier molecular flexibility index (Phi) is 4.57. The van der Waals surface area contributed by atoms with Gasteiger partial charge in [0, 0.05) is 16.4 Å². The number of rotatable bonds is 2. The van der Waals surface area contributed by atoms with E-state index >= 15 is 0 Å². The molecule has 0 heterocycles. The molecule has 1 aliphatic rings. The monoisotopic (exact) mass is 280 g/mol. The minimum atomic E-state index is 0.228. The van der Waals surface area contributed by atoms with E-state index in [0.717, 1.165) is 17.3 Å². The number of aliphatic hydroxyl groups excluding tert-OH is 1. The first-order chi connectivity index (χ1) is 5.83. The van der Waals surface area contributed by atoms with Crippen molar-refractivity contribution in [3.63, 3.8) is 0 Å². The molecule has 0 amide bonds. The van der Waals surface area contributed by atoms with Crippen molar-refractivity contribution in [2.24, 2.45) is 5.41 Å². The number of hydrogen-bond acceptors (Lipinski definition) is 1. The zero-order valence-corrected chi connectivity index (χ0v) is 9.59. The van der Waals surface area contributed by atoms with Crippen LogP contribution < -0.4 is 0 Å². The van der Waals surface area contributed by atoms with E-state index < -0.39 is 0 Å². The van der Waals surface area contributed by atoms with E-state index in [0.29, 0.717) is 6.61 Å². The third-order valence-corrected chi connectivity index (χ3v) is 4.32. The molecular formula is C10H17IO. The van der Waals surface area contributed by atoms with Crippen LogP contribution in [0.5, 0.6) is 0 Å². The fourth-order valence-corrected chi connectivity index (χ4v) is 2.68. The molecule has 1 aliphatic carbocycles. The molecule has 0 radical (unpaired) electrons. The van der Waals surface area contributed by atoms with Gasteiger partial charge in [-0.05, 0) is 32.1 Å². The molecule has 1 atom stereocenters. The van der Waals surface area contributed by atoms with Gasteiger partial charge in [0.15, 0.2) is 0 Å². The van der Waals surface area contributed by atoms with Crippen molar-refractivity contribution in [3.8, 4) is 0 Å². The van der Waals surface area contributed by atoms with E-state index in [9.17, 15) is 5.11 Å². The number of halogens is 1. The number of aliphatic hydroxyl groups is 1. The normalized spacial score (nSPS) is 31.2. The number of allylic oxidation sites excluding steroid dienone is 2. The Hall–Kier alpha value is 0.430. The quantitative estimate of drug-likeness (QED) is 0.468. The Balaban J connectivity index is 2.55. The highest BCUT2D eigenvalue weighted by Crippen LogP contribution is 2.33. The van der Waals surface area contributed by atoms with Crippen LogP contribution in [0.25, 0.3) is 0 Å². The molecule has 1 nitrogen and oxygen atoms in total. The first-order valence-corrected chi connectivity index (χ1v) is 6.17. The molecule has 0 aromatic rings. The Morgan fingerprint density at radius 1 is 1.25 bits per heavy atom.